The molecular formula is C30H27Cl2N3O4. The van der Waals surface area contributed by atoms with Gasteiger partial charge in [0.1, 0.15) is 5.69 Å². The summed E-state index contributed by atoms with van der Waals surface area (Å²) in [6, 6.07) is 19.9. The van der Waals surface area contributed by atoms with Crippen molar-refractivity contribution in [2.45, 2.75) is 6.92 Å². The second-order valence-electron chi connectivity index (χ2n) is 9.52. The van der Waals surface area contributed by atoms with E-state index in [1.165, 1.54) is 11.6 Å². The third kappa shape index (κ3) is 5.37. The number of hydrogen-bond donors (Lipinski definition) is 0. The van der Waals surface area contributed by atoms with Crippen LogP contribution in [-0.2, 0) is 16.6 Å². The molecule has 2 heterocycles. The summed E-state index contributed by atoms with van der Waals surface area (Å²) in [5.41, 5.74) is 3.17. The van der Waals surface area contributed by atoms with Crippen LogP contribution in [0.5, 0.6) is 0 Å². The van der Waals surface area contributed by atoms with Crippen molar-refractivity contribution in [3.05, 3.63) is 98.4 Å². The number of rotatable bonds is 5. The van der Waals surface area contributed by atoms with Crippen molar-refractivity contribution >= 4 is 51.5 Å². The van der Waals surface area contributed by atoms with Crippen molar-refractivity contribution in [1.29, 1.82) is 0 Å². The molecule has 0 unspecified atom stereocenters. The fourth-order valence-electron chi connectivity index (χ4n) is 5.02. The quantitative estimate of drug-likeness (QED) is 0.307. The van der Waals surface area contributed by atoms with E-state index in [9.17, 15) is 14.4 Å². The molecule has 1 fully saturated rings. The van der Waals surface area contributed by atoms with Gasteiger partial charge in [-0.2, -0.15) is 0 Å². The van der Waals surface area contributed by atoms with Crippen LogP contribution < -0.4 is 10.5 Å². The number of aryl methyl sites for hydroxylation is 1. The van der Waals surface area contributed by atoms with Crippen molar-refractivity contribution < 1.29 is 14.3 Å². The Balaban J connectivity index is 1.35. The van der Waals surface area contributed by atoms with E-state index in [1.807, 2.05) is 31.2 Å². The summed E-state index contributed by atoms with van der Waals surface area (Å²) in [6.07, 6.45) is 0. The minimum Gasteiger partial charge on any atom is -0.451 e. The summed E-state index contributed by atoms with van der Waals surface area (Å²) < 4.78 is 6.80. The molecule has 200 valence electrons. The molecule has 7 nitrogen and oxygen atoms in total. The van der Waals surface area contributed by atoms with Gasteiger partial charge in [-0.25, -0.2) is 4.79 Å². The number of hydrogen-bond acceptors (Lipinski definition) is 5. The maximum atomic E-state index is 13.4. The van der Waals surface area contributed by atoms with Crippen LogP contribution in [0.3, 0.4) is 0 Å². The first-order chi connectivity index (χ1) is 18.7. The number of carbonyl (C=O) groups excluding carboxylic acids is 2. The average molecular weight is 564 g/mol. The standard InChI is InChI=1S/C30H27Cl2N3O4/c1-19-7-10-22(32)17-25(19)34-13-15-35(16-14-34)26(36)18-39-30(38)28-27(20-8-11-21(31)12-9-20)23-5-3-4-6-24(23)29(37)33(28)2/h3-12,17H,13-16,18H2,1-2H3. The third-order valence-corrected chi connectivity index (χ3v) is 7.59. The topological polar surface area (TPSA) is 71.8 Å². The van der Waals surface area contributed by atoms with E-state index in [-0.39, 0.29) is 17.2 Å². The Hall–Kier alpha value is -3.81. The summed E-state index contributed by atoms with van der Waals surface area (Å²) in [5.74, 6) is -1.03. The van der Waals surface area contributed by atoms with Gasteiger partial charge in [-0.05, 0) is 53.8 Å². The molecule has 39 heavy (non-hydrogen) atoms. The molecule has 0 bridgehead atoms. The molecule has 1 aromatic heterocycles. The second kappa shape index (κ2) is 11.1. The van der Waals surface area contributed by atoms with Gasteiger partial charge in [0.25, 0.3) is 11.5 Å². The molecule has 0 radical (unpaired) electrons. The highest BCUT2D eigenvalue weighted by atomic mass is 35.5. The molecule has 9 heteroatoms. The lowest BCUT2D eigenvalue weighted by atomic mass is 9.97. The van der Waals surface area contributed by atoms with Gasteiger partial charge >= 0.3 is 5.97 Å². The van der Waals surface area contributed by atoms with Gasteiger partial charge in [0.15, 0.2) is 6.61 Å². The van der Waals surface area contributed by atoms with Crippen LogP contribution in [0.25, 0.3) is 21.9 Å². The number of fused-ring (bicyclic) bond motifs is 1. The monoisotopic (exact) mass is 563 g/mol. The van der Waals surface area contributed by atoms with Crippen molar-refractivity contribution in [3.63, 3.8) is 0 Å². The lowest BCUT2D eigenvalue weighted by Crippen LogP contribution is -2.50. The fourth-order valence-corrected chi connectivity index (χ4v) is 5.31. The molecule has 1 saturated heterocycles. The number of anilines is 1. The maximum absolute atomic E-state index is 13.4. The van der Waals surface area contributed by atoms with E-state index in [2.05, 4.69) is 4.90 Å². The first-order valence-corrected chi connectivity index (χ1v) is 13.3. The zero-order valence-electron chi connectivity index (χ0n) is 21.6. The molecule has 0 atom stereocenters. The maximum Gasteiger partial charge on any atom is 0.356 e. The number of piperazine rings is 1. The number of carbonyl (C=O) groups is 2. The van der Waals surface area contributed by atoms with Gasteiger partial charge in [0.2, 0.25) is 0 Å². The summed E-state index contributed by atoms with van der Waals surface area (Å²) in [7, 11) is 1.53. The Morgan fingerprint density at radius 3 is 2.21 bits per heavy atom. The second-order valence-corrected chi connectivity index (χ2v) is 10.4. The molecule has 3 aromatic carbocycles. The predicted molar refractivity (Wildman–Crippen MR) is 155 cm³/mol. The van der Waals surface area contributed by atoms with Crippen LogP contribution in [0.4, 0.5) is 5.69 Å². The molecule has 1 aliphatic rings. The van der Waals surface area contributed by atoms with E-state index >= 15 is 0 Å². The molecule has 1 amide bonds. The summed E-state index contributed by atoms with van der Waals surface area (Å²) in [6.45, 7) is 3.87. The van der Waals surface area contributed by atoms with Gasteiger partial charge in [-0.1, -0.05) is 59.6 Å². The van der Waals surface area contributed by atoms with E-state index in [1.54, 1.807) is 47.4 Å². The predicted octanol–water partition coefficient (Wildman–Crippen LogP) is 5.33. The normalized spacial score (nSPS) is 13.5. The van der Waals surface area contributed by atoms with E-state index < -0.39 is 12.6 Å². The average Bonchev–Trinajstić information content (AvgIpc) is 2.95. The Morgan fingerprint density at radius 1 is 0.872 bits per heavy atom. The van der Waals surface area contributed by atoms with Crippen LogP contribution in [-0.4, -0.2) is 54.1 Å². The molecule has 0 N–H and O–H groups in total. The summed E-state index contributed by atoms with van der Waals surface area (Å²) in [5, 5.41) is 2.31. The first-order valence-electron chi connectivity index (χ1n) is 12.6. The van der Waals surface area contributed by atoms with Crippen LogP contribution in [0.2, 0.25) is 10.0 Å². The van der Waals surface area contributed by atoms with E-state index in [4.69, 9.17) is 27.9 Å². The number of pyridine rings is 1. The minimum absolute atomic E-state index is 0.0788. The Kier molecular flexibility index (Phi) is 7.64. The van der Waals surface area contributed by atoms with Crippen molar-refractivity contribution in [3.8, 4) is 11.1 Å². The van der Waals surface area contributed by atoms with Crippen LogP contribution in [0, 0.1) is 6.92 Å². The number of nitrogens with zero attached hydrogens (tertiary/aromatic N) is 3. The largest absolute Gasteiger partial charge is 0.451 e. The number of amides is 1. The smallest absolute Gasteiger partial charge is 0.356 e. The number of benzene rings is 3. The number of esters is 1. The molecular weight excluding hydrogens is 537 g/mol. The van der Waals surface area contributed by atoms with Gasteiger partial charge < -0.3 is 19.1 Å². The highest BCUT2D eigenvalue weighted by Gasteiger charge is 2.26. The molecule has 0 saturated carbocycles. The molecule has 4 aromatic rings. The summed E-state index contributed by atoms with van der Waals surface area (Å²) >= 11 is 12.3. The SMILES string of the molecule is Cc1ccc(Cl)cc1N1CCN(C(=O)COC(=O)c2c(-c3ccc(Cl)cc3)c3ccccc3c(=O)n2C)CC1. The van der Waals surface area contributed by atoms with Crippen molar-refractivity contribution in [2.24, 2.45) is 7.05 Å². The van der Waals surface area contributed by atoms with Crippen molar-refractivity contribution in [1.82, 2.24) is 9.47 Å². The molecule has 5 rings (SSSR count). The van der Waals surface area contributed by atoms with Gasteiger partial charge in [-0.3, -0.25) is 9.59 Å². The fraction of sp³-hybridized carbons (Fsp3) is 0.233. The van der Waals surface area contributed by atoms with Gasteiger partial charge in [-0.15, -0.1) is 0 Å². The van der Waals surface area contributed by atoms with Crippen LogP contribution in [0.15, 0.2) is 71.5 Å². The molecule has 0 spiro atoms. The Morgan fingerprint density at radius 2 is 1.51 bits per heavy atom. The first kappa shape index (κ1) is 26.8. The zero-order valence-corrected chi connectivity index (χ0v) is 23.1. The van der Waals surface area contributed by atoms with E-state index in [0.717, 1.165) is 11.3 Å². The zero-order chi connectivity index (χ0) is 27.7. The number of ether oxygens (including phenoxy) is 1. The van der Waals surface area contributed by atoms with E-state index in [0.29, 0.717) is 58.1 Å². The van der Waals surface area contributed by atoms with Crippen molar-refractivity contribution in [2.75, 3.05) is 37.7 Å². The van der Waals surface area contributed by atoms with Gasteiger partial charge in [0, 0.05) is 59.9 Å². The summed E-state index contributed by atoms with van der Waals surface area (Å²) in [4.78, 5) is 43.4. The third-order valence-electron chi connectivity index (χ3n) is 7.10. The molecule has 0 aliphatic carbocycles. The highest BCUT2D eigenvalue weighted by Crippen LogP contribution is 2.32. The lowest BCUT2D eigenvalue weighted by molar-refractivity contribution is -0.134. The molecule has 1 aliphatic heterocycles. The van der Waals surface area contributed by atoms with Crippen LogP contribution in [0.1, 0.15) is 16.1 Å². The van der Waals surface area contributed by atoms with Gasteiger partial charge in [0.05, 0.1) is 0 Å². The Bertz CT molecular complexity index is 1620. The minimum atomic E-state index is -0.744. The lowest BCUT2D eigenvalue weighted by Gasteiger charge is -2.36. The number of aromatic nitrogens is 1. The van der Waals surface area contributed by atoms with Crippen LogP contribution >= 0.6 is 23.2 Å². The Labute approximate surface area is 236 Å². The highest BCUT2D eigenvalue weighted by molar-refractivity contribution is 6.31. The number of halogens is 2.